The van der Waals surface area contributed by atoms with Crippen LogP contribution < -0.4 is 5.32 Å². The van der Waals surface area contributed by atoms with Crippen LogP contribution >= 0.6 is 11.8 Å². The molecule has 1 unspecified atom stereocenters. The predicted octanol–water partition coefficient (Wildman–Crippen LogP) is 2.83. The van der Waals surface area contributed by atoms with Gasteiger partial charge in [-0.1, -0.05) is 12.1 Å². The molecular formula is C12H15NOS. The smallest absolute Gasteiger partial charge is 0.237 e. The zero-order valence-corrected chi connectivity index (χ0v) is 9.64. The van der Waals surface area contributed by atoms with Crippen LogP contribution in [-0.4, -0.2) is 16.9 Å². The third kappa shape index (κ3) is 2.75. The maximum Gasteiger partial charge on any atom is 0.237 e. The van der Waals surface area contributed by atoms with Gasteiger partial charge in [-0.3, -0.25) is 4.79 Å². The zero-order valence-electron chi connectivity index (χ0n) is 8.82. The van der Waals surface area contributed by atoms with Gasteiger partial charge in [0.15, 0.2) is 0 Å². The van der Waals surface area contributed by atoms with Crippen LogP contribution in [0.1, 0.15) is 18.4 Å². The van der Waals surface area contributed by atoms with E-state index < -0.39 is 0 Å². The lowest BCUT2D eigenvalue weighted by Crippen LogP contribution is -2.22. The molecule has 1 amide bonds. The molecule has 1 atom stereocenters. The fraction of sp³-hybridized carbons (Fsp3) is 0.417. The average molecular weight is 221 g/mol. The lowest BCUT2D eigenvalue weighted by atomic mass is 10.2. The normalized spacial score (nSPS) is 20.2. The second-order valence-corrected chi connectivity index (χ2v) is 5.17. The zero-order chi connectivity index (χ0) is 10.7. The largest absolute Gasteiger partial charge is 0.325 e. The van der Waals surface area contributed by atoms with Crippen molar-refractivity contribution in [1.29, 1.82) is 0 Å². The fourth-order valence-electron chi connectivity index (χ4n) is 1.73. The Bertz CT molecular complexity index is 358. The van der Waals surface area contributed by atoms with Crippen molar-refractivity contribution in [3.63, 3.8) is 0 Å². The number of anilines is 1. The number of carbonyl (C=O) groups excluding carboxylic acids is 1. The number of amides is 1. The summed E-state index contributed by atoms with van der Waals surface area (Å²) < 4.78 is 0. The van der Waals surface area contributed by atoms with E-state index in [0.29, 0.717) is 0 Å². The maximum absolute atomic E-state index is 11.8. The van der Waals surface area contributed by atoms with Crippen molar-refractivity contribution >= 4 is 23.4 Å². The third-order valence-electron chi connectivity index (χ3n) is 2.51. The summed E-state index contributed by atoms with van der Waals surface area (Å²) in [7, 11) is 0. The van der Waals surface area contributed by atoms with Gasteiger partial charge in [-0.25, -0.2) is 0 Å². The number of benzene rings is 1. The van der Waals surface area contributed by atoms with Crippen LogP contribution in [0.4, 0.5) is 5.69 Å². The van der Waals surface area contributed by atoms with Gasteiger partial charge >= 0.3 is 0 Å². The number of nitrogens with one attached hydrogen (secondary N) is 1. The van der Waals surface area contributed by atoms with Crippen LogP contribution in [0.15, 0.2) is 24.3 Å². The minimum Gasteiger partial charge on any atom is -0.325 e. The molecule has 0 saturated carbocycles. The highest BCUT2D eigenvalue weighted by Crippen LogP contribution is 2.27. The van der Waals surface area contributed by atoms with Gasteiger partial charge in [0, 0.05) is 5.69 Å². The highest BCUT2D eigenvalue weighted by Gasteiger charge is 2.23. The second kappa shape index (κ2) is 4.71. The van der Waals surface area contributed by atoms with E-state index in [1.807, 2.05) is 31.2 Å². The summed E-state index contributed by atoms with van der Waals surface area (Å²) in [6.07, 6.45) is 2.18. The summed E-state index contributed by atoms with van der Waals surface area (Å²) in [6, 6.07) is 7.93. The molecule has 0 radical (unpaired) electrons. The van der Waals surface area contributed by atoms with Crippen molar-refractivity contribution in [3.05, 3.63) is 29.8 Å². The molecule has 2 nitrogen and oxygen atoms in total. The summed E-state index contributed by atoms with van der Waals surface area (Å²) in [5, 5.41) is 3.12. The van der Waals surface area contributed by atoms with Gasteiger partial charge in [0.1, 0.15) is 0 Å². The highest BCUT2D eigenvalue weighted by molar-refractivity contribution is 8.00. The van der Waals surface area contributed by atoms with E-state index in [1.165, 1.54) is 5.56 Å². The van der Waals surface area contributed by atoms with Crippen molar-refractivity contribution in [2.45, 2.75) is 25.0 Å². The molecule has 1 aromatic carbocycles. The molecule has 1 aliphatic rings. The van der Waals surface area contributed by atoms with Crippen LogP contribution in [0, 0.1) is 6.92 Å². The molecule has 15 heavy (non-hydrogen) atoms. The molecule has 1 saturated heterocycles. The first-order valence-corrected chi connectivity index (χ1v) is 6.30. The van der Waals surface area contributed by atoms with Crippen LogP contribution in [0.5, 0.6) is 0 Å². The fourth-order valence-corrected chi connectivity index (χ4v) is 2.89. The van der Waals surface area contributed by atoms with Gasteiger partial charge in [-0.2, -0.15) is 0 Å². The summed E-state index contributed by atoms with van der Waals surface area (Å²) in [5.41, 5.74) is 2.08. The van der Waals surface area contributed by atoms with Crippen LogP contribution in [0.25, 0.3) is 0 Å². The molecule has 1 N–H and O–H groups in total. The Morgan fingerprint density at radius 3 is 3.07 bits per heavy atom. The van der Waals surface area contributed by atoms with E-state index >= 15 is 0 Å². The molecule has 0 aliphatic carbocycles. The highest BCUT2D eigenvalue weighted by atomic mass is 32.2. The Balaban J connectivity index is 1.99. The molecule has 80 valence electrons. The quantitative estimate of drug-likeness (QED) is 0.832. The molecule has 0 bridgehead atoms. The van der Waals surface area contributed by atoms with E-state index in [4.69, 9.17) is 0 Å². The first kappa shape index (κ1) is 10.6. The monoisotopic (exact) mass is 221 g/mol. The molecule has 2 rings (SSSR count). The minimum absolute atomic E-state index is 0.156. The molecule has 1 heterocycles. The van der Waals surface area contributed by atoms with Crippen LogP contribution in [-0.2, 0) is 4.79 Å². The first-order valence-electron chi connectivity index (χ1n) is 5.25. The van der Waals surface area contributed by atoms with Crippen molar-refractivity contribution < 1.29 is 4.79 Å². The molecule has 0 spiro atoms. The van der Waals surface area contributed by atoms with Gasteiger partial charge < -0.3 is 5.32 Å². The number of rotatable bonds is 2. The number of hydrogen-bond acceptors (Lipinski definition) is 2. The van der Waals surface area contributed by atoms with Crippen molar-refractivity contribution in [2.75, 3.05) is 11.1 Å². The summed E-state index contributed by atoms with van der Waals surface area (Å²) in [6.45, 7) is 2.03. The maximum atomic E-state index is 11.8. The Labute approximate surface area is 94.4 Å². The SMILES string of the molecule is Cc1cccc(NC(=O)C2CCCS2)c1. The Kier molecular flexibility index (Phi) is 3.31. The predicted molar refractivity (Wildman–Crippen MR) is 65.3 cm³/mol. The summed E-state index contributed by atoms with van der Waals surface area (Å²) in [4.78, 5) is 11.8. The molecule has 0 aromatic heterocycles. The van der Waals surface area contributed by atoms with Crippen LogP contribution in [0.2, 0.25) is 0 Å². The molecular weight excluding hydrogens is 206 g/mol. The topological polar surface area (TPSA) is 29.1 Å². The number of hydrogen-bond donors (Lipinski definition) is 1. The third-order valence-corrected chi connectivity index (χ3v) is 3.88. The second-order valence-electron chi connectivity index (χ2n) is 3.86. The van der Waals surface area contributed by atoms with E-state index in [-0.39, 0.29) is 11.2 Å². The number of carbonyl (C=O) groups is 1. The first-order chi connectivity index (χ1) is 7.25. The lowest BCUT2D eigenvalue weighted by molar-refractivity contribution is -0.115. The van der Waals surface area contributed by atoms with Gasteiger partial charge in [-0.15, -0.1) is 11.8 Å². The van der Waals surface area contributed by atoms with Crippen molar-refractivity contribution in [2.24, 2.45) is 0 Å². The van der Waals surface area contributed by atoms with Crippen molar-refractivity contribution in [3.8, 4) is 0 Å². The number of thioether (sulfide) groups is 1. The van der Waals surface area contributed by atoms with E-state index in [9.17, 15) is 4.79 Å². The van der Waals surface area contributed by atoms with Gasteiger partial charge in [0.2, 0.25) is 5.91 Å². The van der Waals surface area contributed by atoms with E-state index in [1.54, 1.807) is 11.8 Å². The Morgan fingerprint density at radius 1 is 1.53 bits per heavy atom. The minimum atomic E-state index is 0.156. The number of aryl methyl sites for hydroxylation is 1. The molecule has 1 fully saturated rings. The van der Waals surface area contributed by atoms with Gasteiger partial charge in [-0.05, 0) is 43.2 Å². The Morgan fingerprint density at radius 2 is 2.40 bits per heavy atom. The molecule has 1 aromatic rings. The average Bonchev–Trinajstić information content (AvgIpc) is 2.70. The molecule has 1 aliphatic heterocycles. The summed E-state index contributed by atoms with van der Waals surface area (Å²) >= 11 is 1.76. The van der Waals surface area contributed by atoms with Gasteiger partial charge in [0.25, 0.3) is 0 Å². The standard InChI is InChI=1S/C12H15NOS/c1-9-4-2-5-10(8-9)13-12(14)11-6-3-7-15-11/h2,4-5,8,11H,3,6-7H2,1H3,(H,13,14). The van der Waals surface area contributed by atoms with E-state index in [2.05, 4.69) is 5.32 Å². The van der Waals surface area contributed by atoms with Crippen LogP contribution in [0.3, 0.4) is 0 Å². The summed E-state index contributed by atoms with van der Waals surface area (Å²) in [5.74, 6) is 1.27. The van der Waals surface area contributed by atoms with Gasteiger partial charge in [0.05, 0.1) is 5.25 Å². The van der Waals surface area contributed by atoms with Crippen molar-refractivity contribution in [1.82, 2.24) is 0 Å². The van der Waals surface area contributed by atoms with E-state index in [0.717, 1.165) is 24.3 Å². The Hall–Kier alpha value is -0.960. The lowest BCUT2D eigenvalue weighted by Gasteiger charge is -2.10. The molecule has 3 heteroatoms.